The summed E-state index contributed by atoms with van der Waals surface area (Å²) >= 11 is 0. The average Bonchev–Trinajstić information content (AvgIpc) is 3.09. The Bertz CT molecular complexity index is 425. The monoisotopic (exact) mass is 237 g/mol. The molecule has 0 aromatic heterocycles. The zero-order chi connectivity index (χ0) is 12.6. The van der Waals surface area contributed by atoms with E-state index in [9.17, 15) is 5.11 Å². The molecule has 1 fully saturated rings. The number of phenols is 1. The molecule has 0 spiro atoms. The minimum atomic E-state index is -0.0936. The van der Waals surface area contributed by atoms with Gasteiger partial charge in [0.1, 0.15) is 0 Å². The molecule has 1 aliphatic rings. The Hall–Kier alpha value is -1.42. The maximum absolute atomic E-state index is 10.3. The standard InChI is InChI=1S/C13H19NO3/c1-8(14)13(6-7-13)9-4-5-10(16-2)12(17-3)11(9)15/h4-5,8,15H,6-7,14H2,1-3H3. The fourth-order valence-corrected chi connectivity index (χ4v) is 2.42. The molecular formula is C13H19NO3. The second-order valence-electron chi connectivity index (χ2n) is 4.64. The summed E-state index contributed by atoms with van der Waals surface area (Å²) in [6.07, 6.45) is 2.02. The van der Waals surface area contributed by atoms with Gasteiger partial charge in [0.25, 0.3) is 0 Å². The molecule has 1 aromatic carbocycles. The lowest BCUT2D eigenvalue weighted by Gasteiger charge is -2.23. The van der Waals surface area contributed by atoms with Crippen LogP contribution in [0, 0.1) is 0 Å². The van der Waals surface area contributed by atoms with Crippen LogP contribution in [0.1, 0.15) is 25.3 Å². The Morgan fingerprint density at radius 2 is 1.94 bits per heavy atom. The van der Waals surface area contributed by atoms with Crippen LogP contribution in [0.5, 0.6) is 17.2 Å². The van der Waals surface area contributed by atoms with Crippen molar-refractivity contribution in [1.82, 2.24) is 0 Å². The van der Waals surface area contributed by atoms with Crippen LogP contribution in [-0.2, 0) is 5.41 Å². The van der Waals surface area contributed by atoms with Crippen LogP contribution in [0.3, 0.4) is 0 Å². The minimum absolute atomic E-state index is 0.0199. The molecule has 0 aliphatic heterocycles. The van der Waals surface area contributed by atoms with Gasteiger partial charge in [0, 0.05) is 17.0 Å². The molecule has 3 N–H and O–H groups in total. The average molecular weight is 237 g/mol. The molecule has 0 heterocycles. The van der Waals surface area contributed by atoms with Crippen LogP contribution in [0.2, 0.25) is 0 Å². The van der Waals surface area contributed by atoms with Gasteiger partial charge in [-0.25, -0.2) is 0 Å². The van der Waals surface area contributed by atoms with E-state index in [1.165, 1.54) is 7.11 Å². The first-order valence-corrected chi connectivity index (χ1v) is 5.77. The van der Waals surface area contributed by atoms with Crippen LogP contribution in [-0.4, -0.2) is 25.4 Å². The molecule has 94 valence electrons. The van der Waals surface area contributed by atoms with Gasteiger partial charge in [-0.1, -0.05) is 6.07 Å². The lowest BCUT2D eigenvalue weighted by molar-refractivity contribution is 0.328. The van der Waals surface area contributed by atoms with Gasteiger partial charge in [-0.3, -0.25) is 0 Å². The van der Waals surface area contributed by atoms with E-state index in [1.54, 1.807) is 7.11 Å². The Morgan fingerprint density at radius 1 is 1.29 bits per heavy atom. The molecule has 4 heteroatoms. The first-order valence-electron chi connectivity index (χ1n) is 5.77. The number of hydrogen-bond donors (Lipinski definition) is 2. The van der Waals surface area contributed by atoms with E-state index in [4.69, 9.17) is 15.2 Å². The number of methoxy groups -OCH3 is 2. The molecule has 2 rings (SSSR count). The summed E-state index contributed by atoms with van der Waals surface area (Å²) < 4.78 is 10.3. The summed E-state index contributed by atoms with van der Waals surface area (Å²) in [4.78, 5) is 0. The Labute approximate surface area is 101 Å². The molecule has 1 saturated carbocycles. The van der Waals surface area contributed by atoms with Gasteiger partial charge in [-0.05, 0) is 25.8 Å². The molecule has 1 atom stereocenters. The highest BCUT2D eigenvalue weighted by Gasteiger charge is 2.49. The minimum Gasteiger partial charge on any atom is -0.504 e. The molecule has 0 saturated heterocycles. The van der Waals surface area contributed by atoms with Crippen molar-refractivity contribution in [3.8, 4) is 17.2 Å². The van der Waals surface area contributed by atoms with E-state index in [0.717, 1.165) is 18.4 Å². The maximum Gasteiger partial charge on any atom is 0.203 e. The van der Waals surface area contributed by atoms with Crippen molar-refractivity contribution in [3.05, 3.63) is 17.7 Å². The van der Waals surface area contributed by atoms with Crippen LogP contribution < -0.4 is 15.2 Å². The van der Waals surface area contributed by atoms with E-state index in [-0.39, 0.29) is 17.2 Å². The summed E-state index contributed by atoms with van der Waals surface area (Å²) in [5.74, 6) is 1.08. The Balaban J connectivity index is 2.50. The zero-order valence-corrected chi connectivity index (χ0v) is 10.5. The maximum atomic E-state index is 10.3. The highest BCUT2D eigenvalue weighted by molar-refractivity contribution is 5.58. The van der Waals surface area contributed by atoms with Gasteiger partial charge in [0.05, 0.1) is 14.2 Å². The fraction of sp³-hybridized carbons (Fsp3) is 0.538. The topological polar surface area (TPSA) is 64.7 Å². The Kier molecular flexibility index (Phi) is 2.91. The number of benzene rings is 1. The van der Waals surface area contributed by atoms with Gasteiger partial charge in [0.15, 0.2) is 11.5 Å². The fourth-order valence-electron chi connectivity index (χ4n) is 2.42. The van der Waals surface area contributed by atoms with Crippen LogP contribution >= 0.6 is 0 Å². The highest BCUT2D eigenvalue weighted by atomic mass is 16.5. The highest BCUT2D eigenvalue weighted by Crippen LogP contribution is 2.56. The second-order valence-corrected chi connectivity index (χ2v) is 4.64. The van der Waals surface area contributed by atoms with Crippen molar-refractivity contribution < 1.29 is 14.6 Å². The third-order valence-corrected chi connectivity index (χ3v) is 3.72. The largest absolute Gasteiger partial charge is 0.504 e. The number of hydrogen-bond acceptors (Lipinski definition) is 4. The first-order chi connectivity index (χ1) is 8.06. The van der Waals surface area contributed by atoms with Crippen molar-refractivity contribution in [3.63, 3.8) is 0 Å². The number of rotatable bonds is 4. The van der Waals surface area contributed by atoms with Crippen LogP contribution in [0.15, 0.2) is 12.1 Å². The van der Waals surface area contributed by atoms with Crippen LogP contribution in [0.25, 0.3) is 0 Å². The summed E-state index contributed by atoms with van der Waals surface area (Å²) in [5, 5.41) is 10.3. The summed E-state index contributed by atoms with van der Waals surface area (Å²) in [5.41, 5.74) is 6.78. The molecule has 0 bridgehead atoms. The number of ether oxygens (including phenoxy) is 2. The molecule has 1 unspecified atom stereocenters. The number of nitrogens with two attached hydrogens (primary N) is 1. The predicted molar refractivity (Wildman–Crippen MR) is 65.8 cm³/mol. The van der Waals surface area contributed by atoms with Crippen molar-refractivity contribution in [2.45, 2.75) is 31.2 Å². The lowest BCUT2D eigenvalue weighted by atomic mass is 9.88. The molecule has 1 aromatic rings. The van der Waals surface area contributed by atoms with Crippen molar-refractivity contribution >= 4 is 0 Å². The summed E-state index contributed by atoms with van der Waals surface area (Å²) in [6, 6.07) is 3.72. The normalized spacial score (nSPS) is 18.6. The molecule has 4 nitrogen and oxygen atoms in total. The second kappa shape index (κ2) is 4.11. The van der Waals surface area contributed by atoms with E-state index < -0.39 is 0 Å². The van der Waals surface area contributed by atoms with Crippen molar-refractivity contribution in [2.75, 3.05) is 14.2 Å². The molecule has 0 amide bonds. The van der Waals surface area contributed by atoms with Crippen molar-refractivity contribution in [2.24, 2.45) is 5.73 Å². The third-order valence-electron chi connectivity index (χ3n) is 3.72. The van der Waals surface area contributed by atoms with Gasteiger partial charge < -0.3 is 20.3 Å². The van der Waals surface area contributed by atoms with Gasteiger partial charge >= 0.3 is 0 Å². The first kappa shape index (κ1) is 12.0. The lowest BCUT2D eigenvalue weighted by Crippen LogP contribution is -2.31. The van der Waals surface area contributed by atoms with E-state index >= 15 is 0 Å². The quantitative estimate of drug-likeness (QED) is 0.838. The van der Waals surface area contributed by atoms with E-state index in [0.29, 0.717) is 11.5 Å². The Morgan fingerprint density at radius 3 is 2.35 bits per heavy atom. The predicted octanol–water partition coefficient (Wildman–Crippen LogP) is 1.79. The van der Waals surface area contributed by atoms with E-state index in [1.807, 2.05) is 19.1 Å². The third kappa shape index (κ3) is 1.72. The van der Waals surface area contributed by atoms with E-state index in [2.05, 4.69) is 0 Å². The molecule has 17 heavy (non-hydrogen) atoms. The van der Waals surface area contributed by atoms with Gasteiger partial charge in [0.2, 0.25) is 5.75 Å². The summed E-state index contributed by atoms with van der Waals surface area (Å²) in [6.45, 7) is 1.98. The summed E-state index contributed by atoms with van der Waals surface area (Å²) in [7, 11) is 3.07. The van der Waals surface area contributed by atoms with Gasteiger partial charge in [-0.2, -0.15) is 0 Å². The molecule has 0 radical (unpaired) electrons. The van der Waals surface area contributed by atoms with Crippen LogP contribution in [0.4, 0.5) is 0 Å². The van der Waals surface area contributed by atoms with Crippen molar-refractivity contribution in [1.29, 1.82) is 0 Å². The number of aromatic hydroxyl groups is 1. The SMILES string of the molecule is COc1ccc(C2(C(C)N)CC2)c(O)c1OC. The molecule has 1 aliphatic carbocycles. The van der Waals surface area contributed by atoms with Gasteiger partial charge in [-0.15, -0.1) is 0 Å². The smallest absolute Gasteiger partial charge is 0.203 e. The molecular weight excluding hydrogens is 218 g/mol. The number of phenolic OH excluding ortho intramolecular Hbond substituents is 1. The zero-order valence-electron chi connectivity index (χ0n) is 10.5.